The summed E-state index contributed by atoms with van der Waals surface area (Å²) in [6, 6.07) is 12.7. The van der Waals surface area contributed by atoms with Crippen LogP contribution >= 0.6 is 11.8 Å². The van der Waals surface area contributed by atoms with Crippen molar-refractivity contribution in [3.05, 3.63) is 52.8 Å². The Morgan fingerprint density at radius 2 is 1.91 bits per heavy atom. The maximum absolute atomic E-state index is 9.83. The van der Waals surface area contributed by atoms with Crippen LogP contribution in [0, 0.1) is 11.3 Å². The highest BCUT2D eigenvalue weighted by atomic mass is 32.2. The van der Waals surface area contributed by atoms with E-state index in [-0.39, 0.29) is 5.41 Å². The van der Waals surface area contributed by atoms with E-state index < -0.39 is 0 Å². The molecule has 3 rings (SSSR count). The van der Waals surface area contributed by atoms with Gasteiger partial charge < -0.3 is 0 Å². The molecule has 112 valence electrons. The first kappa shape index (κ1) is 15.1. The Morgan fingerprint density at radius 3 is 2.55 bits per heavy atom. The van der Waals surface area contributed by atoms with Gasteiger partial charge in [0.2, 0.25) is 0 Å². The molecule has 0 N–H and O–H groups in total. The molecule has 0 atom stereocenters. The summed E-state index contributed by atoms with van der Waals surface area (Å²) >= 11 is 1.93. The van der Waals surface area contributed by atoms with Gasteiger partial charge in [0.15, 0.2) is 0 Å². The SMILES string of the molecule is CC(C)(C)c1nc2c(c(-c3ccccc3)c1C#N)CSCC2. The number of thioether (sulfide) groups is 1. The van der Waals surface area contributed by atoms with Gasteiger partial charge >= 0.3 is 0 Å². The number of hydrogen-bond acceptors (Lipinski definition) is 3. The molecule has 1 aromatic carbocycles. The van der Waals surface area contributed by atoms with Crippen molar-refractivity contribution in [3.63, 3.8) is 0 Å². The van der Waals surface area contributed by atoms with Crippen LogP contribution in [-0.2, 0) is 17.6 Å². The standard InChI is InChI=1S/C19H20N2S/c1-19(2,3)18-14(11-20)17(13-7-5-4-6-8-13)15-12-22-10-9-16(15)21-18/h4-8H,9-10,12H2,1-3H3. The van der Waals surface area contributed by atoms with Gasteiger partial charge in [0, 0.05) is 22.4 Å². The first-order valence-electron chi connectivity index (χ1n) is 7.62. The van der Waals surface area contributed by atoms with E-state index in [4.69, 9.17) is 4.98 Å². The topological polar surface area (TPSA) is 36.7 Å². The van der Waals surface area contributed by atoms with Crippen molar-refractivity contribution in [2.45, 2.75) is 38.4 Å². The van der Waals surface area contributed by atoms with Gasteiger partial charge in [0.1, 0.15) is 6.07 Å². The zero-order valence-electron chi connectivity index (χ0n) is 13.3. The molecule has 1 aromatic heterocycles. The highest BCUT2D eigenvalue weighted by molar-refractivity contribution is 7.98. The molecule has 0 spiro atoms. The molecule has 0 fully saturated rings. The molecular weight excluding hydrogens is 288 g/mol. The third-order valence-electron chi connectivity index (χ3n) is 4.00. The van der Waals surface area contributed by atoms with E-state index in [1.165, 1.54) is 11.3 Å². The summed E-state index contributed by atoms with van der Waals surface area (Å²) in [5.41, 5.74) is 6.22. The average molecular weight is 308 g/mol. The summed E-state index contributed by atoms with van der Waals surface area (Å²) < 4.78 is 0. The third kappa shape index (κ3) is 2.64. The van der Waals surface area contributed by atoms with Crippen LogP contribution in [0.15, 0.2) is 30.3 Å². The van der Waals surface area contributed by atoms with Crippen molar-refractivity contribution < 1.29 is 0 Å². The zero-order valence-corrected chi connectivity index (χ0v) is 14.1. The molecule has 0 unspecified atom stereocenters. The third-order valence-corrected chi connectivity index (χ3v) is 4.98. The molecule has 1 aliphatic heterocycles. The minimum absolute atomic E-state index is 0.131. The second-order valence-corrected chi connectivity index (χ2v) is 7.77. The molecule has 0 amide bonds. The second kappa shape index (κ2) is 5.78. The lowest BCUT2D eigenvalue weighted by Crippen LogP contribution is -2.20. The number of nitriles is 1. The van der Waals surface area contributed by atoms with Gasteiger partial charge in [-0.1, -0.05) is 51.1 Å². The van der Waals surface area contributed by atoms with Crippen LogP contribution in [0.3, 0.4) is 0 Å². The summed E-state index contributed by atoms with van der Waals surface area (Å²) in [5.74, 6) is 2.06. The predicted molar refractivity (Wildman–Crippen MR) is 93.0 cm³/mol. The molecule has 22 heavy (non-hydrogen) atoms. The fourth-order valence-corrected chi connectivity index (χ4v) is 3.95. The Hall–Kier alpha value is -1.79. The van der Waals surface area contributed by atoms with Gasteiger partial charge in [0.05, 0.1) is 11.3 Å². The molecule has 0 radical (unpaired) electrons. The van der Waals surface area contributed by atoms with E-state index >= 15 is 0 Å². The van der Waals surface area contributed by atoms with E-state index in [1.807, 2.05) is 30.0 Å². The van der Waals surface area contributed by atoms with Crippen molar-refractivity contribution in [2.24, 2.45) is 0 Å². The van der Waals surface area contributed by atoms with Crippen LogP contribution in [0.4, 0.5) is 0 Å². The predicted octanol–water partition coefficient (Wildman–Crippen LogP) is 4.71. The molecule has 0 aliphatic carbocycles. The summed E-state index contributed by atoms with van der Waals surface area (Å²) in [5, 5.41) is 9.83. The summed E-state index contributed by atoms with van der Waals surface area (Å²) in [6.07, 6.45) is 0.995. The number of benzene rings is 1. The Labute approximate surface area is 136 Å². The molecule has 0 saturated carbocycles. The Bertz CT molecular complexity index is 737. The molecule has 2 nitrogen and oxygen atoms in total. The van der Waals surface area contributed by atoms with Crippen LogP contribution in [0.2, 0.25) is 0 Å². The average Bonchev–Trinajstić information content (AvgIpc) is 2.53. The first-order chi connectivity index (χ1) is 10.5. The smallest absolute Gasteiger partial charge is 0.102 e. The van der Waals surface area contributed by atoms with Gasteiger partial charge in [-0.3, -0.25) is 4.98 Å². The monoisotopic (exact) mass is 308 g/mol. The quantitative estimate of drug-likeness (QED) is 0.765. The number of nitrogens with zero attached hydrogens (tertiary/aromatic N) is 2. The summed E-state index contributed by atoms with van der Waals surface area (Å²) in [7, 11) is 0. The van der Waals surface area contributed by atoms with Gasteiger partial charge in [-0.15, -0.1) is 0 Å². The molecule has 0 bridgehead atoms. The van der Waals surface area contributed by atoms with Crippen molar-refractivity contribution >= 4 is 11.8 Å². The molecule has 0 saturated heterocycles. The van der Waals surface area contributed by atoms with Crippen molar-refractivity contribution in [3.8, 4) is 17.2 Å². The number of rotatable bonds is 1. The molecular formula is C19H20N2S. The van der Waals surface area contributed by atoms with Gasteiger partial charge in [-0.25, -0.2) is 0 Å². The first-order valence-corrected chi connectivity index (χ1v) is 8.77. The maximum Gasteiger partial charge on any atom is 0.102 e. The van der Waals surface area contributed by atoms with Crippen LogP contribution in [0.5, 0.6) is 0 Å². The Kier molecular flexibility index (Phi) is 3.97. The van der Waals surface area contributed by atoms with Gasteiger partial charge in [-0.2, -0.15) is 17.0 Å². The highest BCUT2D eigenvalue weighted by Gasteiger charge is 2.28. The lowest BCUT2D eigenvalue weighted by molar-refractivity contribution is 0.563. The lowest BCUT2D eigenvalue weighted by atomic mass is 9.83. The van der Waals surface area contributed by atoms with E-state index in [9.17, 15) is 5.26 Å². The number of aromatic nitrogens is 1. The molecule has 1 aliphatic rings. The zero-order chi connectivity index (χ0) is 15.7. The van der Waals surface area contributed by atoms with Crippen LogP contribution < -0.4 is 0 Å². The molecule has 3 heteroatoms. The molecule has 2 heterocycles. The lowest BCUT2D eigenvalue weighted by Gasteiger charge is -2.27. The number of pyridine rings is 1. The highest BCUT2D eigenvalue weighted by Crippen LogP contribution is 2.39. The number of hydrogen-bond donors (Lipinski definition) is 0. The normalized spacial score (nSPS) is 14.3. The van der Waals surface area contributed by atoms with Crippen molar-refractivity contribution in [1.29, 1.82) is 5.26 Å². The summed E-state index contributed by atoms with van der Waals surface area (Å²) in [6.45, 7) is 6.40. The van der Waals surface area contributed by atoms with Crippen molar-refractivity contribution in [2.75, 3.05) is 5.75 Å². The van der Waals surface area contributed by atoms with Crippen molar-refractivity contribution in [1.82, 2.24) is 4.98 Å². The summed E-state index contributed by atoms with van der Waals surface area (Å²) in [4.78, 5) is 4.91. The van der Waals surface area contributed by atoms with Crippen LogP contribution in [0.25, 0.3) is 11.1 Å². The Balaban J connectivity index is 2.37. The van der Waals surface area contributed by atoms with Gasteiger partial charge in [0.25, 0.3) is 0 Å². The van der Waals surface area contributed by atoms with E-state index in [0.717, 1.165) is 40.3 Å². The van der Waals surface area contributed by atoms with E-state index in [2.05, 4.69) is 39.0 Å². The van der Waals surface area contributed by atoms with Crippen LogP contribution in [0.1, 0.15) is 43.3 Å². The van der Waals surface area contributed by atoms with E-state index in [0.29, 0.717) is 0 Å². The minimum Gasteiger partial charge on any atom is -0.256 e. The fourth-order valence-electron chi connectivity index (χ4n) is 2.95. The number of aryl methyl sites for hydroxylation is 1. The molecule has 2 aromatic rings. The van der Waals surface area contributed by atoms with E-state index in [1.54, 1.807) is 0 Å². The Morgan fingerprint density at radius 1 is 1.18 bits per heavy atom. The number of fused-ring (bicyclic) bond motifs is 1. The fraction of sp³-hybridized carbons (Fsp3) is 0.368. The van der Waals surface area contributed by atoms with Crippen LogP contribution in [-0.4, -0.2) is 10.7 Å². The largest absolute Gasteiger partial charge is 0.256 e. The van der Waals surface area contributed by atoms with Gasteiger partial charge in [-0.05, 0) is 23.3 Å². The maximum atomic E-state index is 9.83. The minimum atomic E-state index is -0.131. The second-order valence-electron chi connectivity index (χ2n) is 6.67.